The Kier molecular flexibility index (Phi) is 4.33. The molecule has 106 valence electrons. The van der Waals surface area contributed by atoms with Crippen LogP contribution in [-0.4, -0.2) is 18.1 Å². The molecule has 0 bridgehead atoms. The second kappa shape index (κ2) is 6.37. The normalized spacial score (nSPS) is 19.1. The van der Waals surface area contributed by atoms with Crippen LogP contribution in [-0.2, 0) is 0 Å². The fourth-order valence-electron chi connectivity index (χ4n) is 2.89. The number of para-hydroxylation sites is 1. The van der Waals surface area contributed by atoms with E-state index in [4.69, 9.17) is 4.74 Å². The first kappa shape index (κ1) is 13.6. The van der Waals surface area contributed by atoms with E-state index in [1.54, 1.807) is 11.3 Å². The molecule has 2 unspecified atom stereocenters. The Morgan fingerprint density at radius 3 is 3.15 bits per heavy atom. The summed E-state index contributed by atoms with van der Waals surface area (Å²) in [5.41, 5.74) is 4.43. The first-order valence-corrected chi connectivity index (χ1v) is 8.16. The van der Waals surface area contributed by atoms with Gasteiger partial charge in [0.05, 0.1) is 23.9 Å². The van der Waals surface area contributed by atoms with Crippen LogP contribution in [0.25, 0.3) is 0 Å². The molecular weight excluding hydrogens is 268 g/mol. The van der Waals surface area contributed by atoms with E-state index in [0.717, 1.165) is 31.7 Å². The van der Waals surface area contributed by atoms with Crippen LogP contribution in [0.3, 0.4) is 0 Å². The number of nitrogens with zero attached hydrogens (tertiary/aromatic N) is 1. The minimum Gasteiger partial charge on any atom is -0.493 e. The second-order valence-corrected chi connectivity index (χ2v) is 5.85. The Morgan fingerprint density at radius 1 is 1.45 bits per heavy atom. The molecule has 2 atom stereocenters. The summed E-state index contributed by atoms with van der Waals surface area (Å²) in [5, 5.41) is 5.72. The van der Waals surface area contributed by atoms with Crippen molar-refractivity contribution in [2.24, 2.45) is 0 Å². The Bertz CT molecular complexity index is 541. The molecule has 0 saturated carbocycles. The standard InChI is InChI=1S/C16H20N2OS/c1-2-17-14(15-10-20-11-18-15)9-12-7-8-19-16-6-4-3-5-13(12)16/h3-6,10-12,14,17H,2,7-9H2,1H3. The maximum absolute atomic E-state index is 5.75. The van der Waals surface area contributed by atoms with E-state index >= 15 is 0 Å². The van der Waals surface area contributed by atoms with Crippen molar-refractivity contribution in [3.05, 3.63) is 46.4 Å². The molecule has 0 fully saturated rings. The molecule has 1 aromatic heterocycles. The fourth-order valence-corrected chi connectivity index (χ4v) is 3.50. The van der Waals surface area contributed by atoms with Crippen LogP contribution < -0.4 is 10.1 Å². The molecule has 2 aromatic rings. The Balaban J connectivity index is 1.79. The number of rotatable bonds is 5. The van der Waals surface area contributed by atoms with Gasteiger partial charge in [0.25, 0.3) is 0 Å². The number of hydrogen-bond acceptors (Lipinski definition) is 4. The van der Waals surface area contributed by atoms with Gasteiger partial charge in [0.15, 0.2) is 0 Å². The first-order chi connectivity index (χ1) is 9.88. The van der Waals surface area contributed by atoms with Crippen LogP contribution in [0.15, 0.2) is 35.2 Å². The van der Waals surface area contributed by atoms with E-state index in [2.05, 4.69) is 40.8 Å². The number of hydrogen-bond donors (Lipinski definition) is 1. The van der Waals surface area contributed by atoms with Gasteiger partial charge in [-0.15, -0.1) is 11.3 Å². The van der Waals surface area contributed by atoms with Crippen molar-refractivity contribution < 1.29 is 4.74 Å². The summed E-state index contributed by atoms with van der Waals surface area (Å²) in [6, 6.07) is 8.76. The van der Waals surface area contributed by atoms with Gasteiger partial charge in [0.1, 0.15) is 5.75 Å². The van der Waals surface area contributed by atoms with Gasteiger partial charge in [-0.05, 0) is 36.9 Å². The Morgan fingerprint density at radius 2 is 2.35 bits per heavy atom. The predicted molar refractivity (Wildman–Crippen MR) is 82.4 cm³/mol. The van der Waals surface area contributed by atoms with Gasteiger partial charge in [-0.1, -0.05) is 25.1 Å². The molecule has 2 heterocycles. The van der Waals surface area contributed by atoms with Gasteiger partial charge >= 0.3 is 0 Å². The van der Waals surface area contributed by atoms with Crippen LogP contribution in [0.5, 0.6) is 5.75 Å². The number of aromatic nitrogens is 1. The van der Waals surface area contributed by atoms with Crippen molar-refractivity contribution in [2.45, 2.75) is 31.7 Å². The third kappa shape index (κ3) is 2.86. The van der Waals surface area contributed by atoms with Gasteiger partial charge in [-0.2, -0.15) is 0 Å². The Labute approximate surface area is 124 Å². The lowest BCUT2D eigenvalue weighted by molar-refractivity contribution is 0.255. The van der Waals surface area contributed by atoms with E-state index in [-0.39, 0.29) is 0 Å². The van der Waals surface area contributed by atoms with E-state index in [0.29, 0.717) is 12.0 Å². The number of nitrogens with one attached hydrogen (secondary N) is 1. The van der Waals surface area contributed by atoms with Crippen molar-refractivity contribution in [3.8, 4) is 5.75 Å². The minimum atomic E-state index is 0.336. The number of ether oxygens (including phenoxy) is 1. The van der Waals surface area contributed by atoms with Crippen LogP contribution >= 0.6 is 11.3 Å². The molecule has 20 heavy (non-hydrogen) atoms. The lowest BCUT2D eigenvalue weighted by Gasteiger charge is -2.29. The highest BCUT2D eigenvalue weighted by molar-refractivity contribution is 7.07. The van der Waals surface area contributed by atoms with E-state index < -0.39 is 0 Å². The average Bonchev–Trinajstić information content (AvgIpc) is 3.01. The molecule has 3 nitrogen and oxygen atoms in total. The molecule has 0 saturated heterocycles. The van der Waals surface area contributed by atoms with Crippen molar-refractivity contribution >= 4 is 11.3 Å². The van der Waals surface area contributed by atoms with Crippen molar-refractivity contribution in [2.75, 3.05) is 13.2 Å². The maximum atomic E-state index is 5.75. The molecule has 4 heteroatoms. The molecule has 0 radical (unpaired) electrons. The van der Waals surface area contributed by atoms with E-state index in [1.165, 1.54) is 11.3 Å². The van der Waals surface area contributed by atoms with E-state index in [1.807, 2.05) is 11.6 Å². The molecule has 3 rings (SSSR count). The van der Waals surface area contributed by atoms with Gasteiger partial charge < -0.3 is 10.1 Å². The van der Waals surface area contributed by atoms with Crippen LogP contribution in [0, 0.1) is 0 Å². The zero-order chi connectivity index (χ0) is 13.8. The van der Waals surface area contributed by atoms with Crippen LogP contribution in [0.1, 0.15) is 43.0 Å². The highest BCUT2D eigenvalue weighted by Gasteiger charge is 2.25. The Hall–Kier alpha value is -1.39. The predicted octanol–water partition coefficient (Wildman–Crippen LogP) is 3.75. The molecule has 1 aliphatic rings. The summed E-state index contributed by atoms with van der Waals surface area (Å²) in [6.07, 6.45) is 2.17. The summed E-state index contributed by atoms with van der Waals surface area (Å²) >= 11 is 1.67. The quantitative estimate of drug-likeness (QED) is 0.910. The largest absolute Gasteiger partial charge is 0.493 e. The first-order valence-electron chi connectivity index (χ1n) is 7.21. The molecular formula is C16H20N2OS. The average molecular weight is 288 g/mol. The van der Waals surface area contributed by atoms with Crippen molar-refractivity contribution in [1.29, 1.82) is 0 Å². The topological polar surface area (TPSA) is 34.1 Å². The summed E-state index contributed by atoms with van der Waals surface area (Å²) in [5.74, 6) is 1.60. The van der Waals surface area contributed by atoms with Gasteiger partial charge in [0.2, 0.25) is 0 Å². The number of fused-ring (bicyclic) bond motifs is 1. The second-order valence-electron chi connectivity index (χ2n) is 5.13. The van der Waals surface area contributed by atoms with Crippen LogP contribution in [0.2, 0.25) is 0 Å². The smallest absolute Gasteiger partial charge is 0.122 e. The fraction of sp³-hybridized carbons (Fsp3) is 0.438. The molecule has 0 aliphatic carbocycles. The van der Waals surface area contributed by atoms with Crippen molar-refractivity contribution in [1.82, 2.24) is 10.3 Å². The zero-order valence-electron chi connectivity index (χ0n) is 11.7. The zero-order valence-corrected chi connectivity index (χ0v) is 12.5. The molecule has 0 spiro atoms. The third-order valence-corrected chi connectivity index (χ3v) is 4.47. The summed E-state index contributed by atoms with van der Waals surface area (Å²) in [7, 11) is 0. The van der Waals surface area contributed by atoms with Gasteiger partial charge in [-0.25, -0.2) is 4.98 Å². The molecule has 0 amide bonds. The van der Waals surface area contributed by atoms with Gasteiger partial charge in [-0.3, -0.25) is 0 Å². The lowest BCUT2D eigenvalue weighted by Crippen LogP contribution is -2.25. The SMILES string of the molecule is CCNC(CC1CCOc2ccccc21)c1cscn1. The molecule has 1 aliphatic heterocycles. The maximum Gasteiger partial charge on any atom is 0.122 e. The summed E-state index contributed by atoms with van der Waals surface area (Å²) in [6.45, 7) is 3.93. The highest BCUT2D eigenvalue weighted by Crippen LogP contribution is 2.38. The molecule has 1 N–H and O–H groups in total. The minimum absolute atomic E-state index is 0.336. The van der Waals surface area contributed by atoms with Crippen molar-refractivity contribution in [3.63, 3.8) is 0 Å². The van der Waals surface area contributed by atoms with Gasteiger partial charge in [0, 0.05) is 5.38 Å². The molecule has 1 aromatic carbocycles. The monoisotopic (exact) mass is 288 g/mol. The van der Waals surface area contributed by atoms with E-state index in [9.17, 15) is 0 Å². The lowest BCUT2D eigenvalue weighted by atomic mass is 9.87. The number of benzene rings is 1. The summed E-state index contributed by atoms with van der Waals surface area (Å²) < 4.78 is 5.75. The third-order valence-electron chi connectivity index (χ3n) is 3.86. The number of thiazole rings is 1. The highest BCUT2D eigenvalue weighted by atomic mass is 32.1. The summed E-state index contributed by atoms with van der Waals surface area (Å²) in [4.78, 5) is 4.48. The van der Waals surface area contributed by atoms with Crippen LogP contribution in [0.4, 0.5) is 0 Å².